The number of anilines is 1. The Morgan fingerprint density at radius 2 is 1.96 bits per heavy atom. The zero-order valence-electron chi connectivity index (χ0n) is 13.7. The van der Waals surface area contributed by atoms with E-state index in [1.807, 2.05) is 12.1 Å². The van der Waals surface area contributed by atoms with Crippen molar-refractivity contribution in [3.8, 4) is 12.3 Å². The lowest BCUT2D eigenvalue weighted by Gasteiger charge is -2.15. The van der Waals surface area contributed by atoms with E-state index in [0.29, 0.717) is 18.7 Å². The Bertz CT molecular complexity index is 790. The average Bonchev–Trinajstić information content (AvgIpc) is 3.01. The highest BCUT2D eigenvalue weighted by Gasteiger charge is 2.30. The number of nitrogens with one attached hydrogen (secondary N) is 2. The molecule has 1 aliphatic rings. The van der Waals surface area contributed by atoms with Crippen molar-refractivity contribution in [2.45, 2.75) is 31.6 Å². The highest BCUT2D eigenvalue weighted by atomic mass is 19.4. The van der Waals surface area contributed by atoms with E-state index >= 15 is 0 Å². The van der Waals surface area contributed by atoms with Crippen LogP contribution < -0.4 is 10.6 Å². The van der Waals surface area contributed by atoms with Gasteiger partial charge in [0.1, 0.15) is 0 Å². The minimum Gasteiger partial charge on any atom is -0.381 e. The number of hydrogen-bond acceptors (Lipinski definition) is 2. The van der Waals surface area contributed by atoms with Gasteiger partial charge in [-0.3, -0.25) is 5.32 Å². The maximum atomic E-state index is 12.8. The topological polar surface area (TPSA) is 24.1 Å². The fraction of sp³-hybridized carbons (Fsp3) is 0.300. The number of halogens is 3. The van der Waals surface area contributed by atoms with Crippen LogP contribution in [-0.4, -0.2) is 6.54 Å². The van der Waals surface area contributed by atoms with E-state index in [4.69, 9.17) is 6.42 Å². The number of terminal acetylenes is 1. The fourth-order valence-corrected chi connectivity index (χ4v) is 3.27. The molecule has 1 atom stereocenters. The Morgan fingerprint density at radius 1 is 1.16 bits per heavy atom. The van der Waals surface area contributed by atoms with E-state index in [9.17, 15) is 13.2 Å². The van der Waals surface area contributed by atoms with E-state index in [-0.39, 0.29) is 6.04 Å². The summed E-state index contributed by atoms with van der Waals surface area (Å²) in [6, 6.07) is 11.7. The molecule has 0 aliphatic heterocycles. The molecule has 1 unspecified atom stereocenters. The van der Waals surface area contributed by atoms with Gasteiger partial charge in [0.2, 0.25) is 0 Å². The van der Waals surface area contributed by atoms with Crippen LogP contribution in [0.3, 0.4) is 0 Å². The smallest absolute Gasteiger partial charge is 0.381 e. The Kier molecular flexibility index (Phi) is 5.00. The second-order valence-corrected chi connectivity index (χ2v) is 6.10. The molecule has 130 valence electrons. The number of benzene rings is 2. The van der Waals surface area contributed by atoms with Gasteiger partial charge in [0, 0.05) is 18.3 Å². The first-order valence-electron chi connectivity index (χ1n) is 8.17. The Labute approximate surface area is 145 Å². The maximum Gasteiger partial charge on any atom is 0.416 e. The third-order valence-corrected chi connectivity index (χ3v) is 4.46. The van der Waals surface area contributed by atoms with Gasteiger partial charge in [-0.2, -0.15) is 13.2 Å². The summed E-state index contributed by atoms with van der Waals surface area (Å²) in [5.74, 6) is 2.59. The third kappa shape index (κ3) is 3.97. The molecule has 1 aliphatic carbocycles. The van der Waals surface area contributed by atoms with Gasteiger partial charge in [-0.1, -0.05) is 30.2 Å². The van der Waals surface area contributed by atoms with Crippen molar-refractivity contribution in [3.63, 3.8) is 0 Å². The standard InChI is InChI=1S/C20H19F3N2/c1-2-11-24-19-10-9-17-16(19)7-4-8-18(17)25-13-14-5-3-6-15(12-14)20(21,22)23/h1,3-8,12,19,24-25H,9-11,13H2. The van der Waals surface area contributed by atoms with Crippen LogP contribution in [0.5, 0.6) is 0 Å². The van der Waals surface area contributed by atoms with Crippen LogP contribution in [0.2, 0.25) is 0 Å². The molecule has 0 heterocycles. The van der Waals surface area contributed by atoms with Crippen molar-refractivity contribution in [3.05, 3.63) is 64.7 Å². The monoisotopic (exact) mass is 344 g/mol. The molecule has 0 radical (unpaired) electrons. The summed E-state index contributed by atoms with van der Waals surface area (Å²) in [6.45, 7) is 0.870. The molecule has 2 aromatic carbocycles. The Balaban J connectivity index is 1.73. The number of alkyl halides is 3. The molecular weight excluding hydrogens is 325 g/mol. The van der Waals surface area contributed by atoms with E-state index in [2.05, 4.69) is 22.6 Å². The molecule has 2 N–H and O–H groups in total. The summed E-state index contributed by atoms with van der Waals surface area (Å²) >= 11 is 0. The highest BCUT2D eigenvalue weighted by Crippen LogP contribution is 2.36. The van der Waals surface area contributed by atoms with Crippen molar-refractivity contribution in [2.75, 3.05) is 11.9 Å². The van der Waals surface area contributed by atoms with Crippen molar-refractivity contribution >= 4 is 5.69 Å². The van der Waals surface area contributed by atoms with Gasteiger partial charge in [-0.05, 0) is 47.7 Å². The number of fused-ring (bicyclic) bond motifs is 1. The molecule has 0 saturated heterocycles. The van der Waals surface area contributed by atoms with Crippen LogP contribution in [0, 0.1) is 12.3 Å². The molecule has 2 nitrogen and oxygen atoms in total. The molecule has 0 spiro atoms. The van der Waals surface area contributed by atoms with Gasteiger partial charge in [0.25, 0.3) is 0 Å². The van der Waals surface area contributed by atoms with Crippen molar-refractivity contribution in [2.24, 2.45) is 0 Å². The van der Waals surface area contributed by atoms with Gasteiger partial charge in [0.05, 0.1) is 12.1 Å². The molecule has 5 heteroatoms. The molecule has 25 heavy (non-hydrogen) atoms. The lowest BCUT2D eigenvalue weighted by atomic mass is 10.1. The third-order valence-electron chi connectivity index (χ3n) is 4.46. The summed E-state index contributed by atoms with van der Waals surface area (Å²) < 4.78 is 38.4. The van der Waals surface area contributed by atoms with Gasteiger partial charge in [-0.15, -0.1) is 6.42 Å². The van der Waals surface area contributed by atoms with Gasteiger partial charge in [0.15, 0.2) is 0 Å². The molecule has 2 aromatic rings. The highest BCUT2D eigenvalue weighted by molar-refractivity contribution is 5.57. The average molecular weight is 344 g/mol. The largest absolute Gasteiger partial charge is 0.416 e. The summed E-state index contributed by atoms with van der Waals surface area (Å²) in [7, 11) is 0. The van der Waals surface area contributed by atoms with Crippen LogP contribution in [0.1, 0.15) is 34.7 Å². The fourth-order valence-electron chi connectivity index (χ4n) is 3.27. The van der Waals surface area contributed by atoms with E-state index in [1.54, 1.807) is 6.07 Å². The second kappa shape index (κ2) is 7.20. The zero-order valence-corrected chi connectivity index (χ0v) is 13.7. The van der Waals surface area contributed by atoms with Crippen LogP contribution in [-0.2, 0) is 19.1 Å². The summed E-state index contributed by atoms with van der Waals surface area (Å²) in [4.78, 5) is 0. The lowest BCUT2D eigenvalue weighted by Crippen LogP contribution is -2.19. The lowest BCUT2D eigenvalue weighted by molar-refractivity contribution is -0.137. The molecule has 0 saturated carbocycles. The molecule has 0 aromatic heterocycles. The van der Waals surface area contributed by atoms with E-state index in [0.717, 1.165) is 24.6 Å². The molecule has 0 fully saturated rings. The van der Waals surface area contributed by atoms with E-state index < -0.39 is 11.7 Å². The SMILES string of the molecule is C#CCNC1CCc2c(NCc3cccc(C(F)(F)F)c3)cccc21. The Morgan fingerprint density at radius 3 is 2.72 bits per heavy atom. The zero-order chi connectivity index (χ0) is 17.9. The van der Waals surface area contributed by atoms with Gasteiger partial charge < -0.3 is 5.32 Å². The maximum absolute atomic E-state index is 12.8. The van der Waals surface area contributed by atoms with E-state index in [1.165, 1.54) is 23.3 Å². The second-order valence-electron chi connectivity index (χ2n) is 6.10. The van der Waals surface area contributed by atoms with Gasteiger partial charge in [-0.25, -0.2) is 0 Å². The van der Waals surface area contributed by atoms with Crippen molar-refractivity contribution in [1.29, 1.82) is 0 Å². The quantitative estimate of drug-likeness (QED) is 0.779. The predicted octanol–water partition coefficient (Wildman–Crippen LogP) is 4.53. The summed E-state index contributed by atoms with van der Waals surface area (Å²) in [5.41, 5.74) is 3.38. The number of rotatable bonds is 5. The molecular formula is C20H19F3N2. The minimum atomic E-state index is -4.32. The first-order valence-corrected chi connectivity index (χ1v) is 8.17. The summed E-state index contributed by atoms with van der Waals surface area (Å²) in [6.07, 6.45) is 2.88. The van der Waals surface area contributed by atoms with Crippen LogP contribution >= 0.6 is 0 Å². The first kappa shape index (κ1) is 17.4. The van der Waals surface area contributed by atoms with Crippen LogP contribution in [0.25, 0.3) is 0 Å². The summed E-state index contributed by atoms with van der Waals surface area (Å²) in [5, 5.41) is 6.60. The minimum absolute atomic E-state index is 0.237. The van der Waals surface area contributed by atoms with Crippen molar-refractivity contribution < 1.29 is 13.2 Å². The van der Waals surface area contributed by atoms with Crippen LogP contribution in [0.15, 0.2) is 42.5 Å². The normalized spacial score (nSPS) is 16.3. The molecule has 0 amide bonds. The first-order chi connectivity index (χ1) is 12.0. The molecule has 3 rings (SSSR count). The van der Waals surface area contributed by atoms with Crippen LogP contribution in [0.4, 0.5) is 18.9 Å². The Hall–Kier alpha value is -2.45. The number of hydrogen-bond donors (Lipinski definition) is 2. The predicted molar refractivity (Wildman–Crippen MR) is 93.1 cm³/mol. The molecule has 0 bridgehead atoms. The van der Waals surface area contributed by atoms with Crippen molar-refractivity contribution in [1.82, 2.24) is 5.32 Å². The van der Waals surface area contributed by atoms with Gasteiger partial charge >= 0.3 is 6.18 Å².